The molecule has 0 saturated carbocycles. The normalized spacial score (nSPS) is 8.87. The van der Waals surface area contributed by atoms with Crippen LogP contribution < -0.4 is 0 Å². The quantitative estimate of drug-likeness (QED) is 0.641. The second-order valence-electron chi connectivity index (χ2n) is 3.93. The molecule has 0 aliphatic heterocycles. The van der Waals surface area contributed by atoms with Gasteiger partial charge >= 0.3 is 11.9 Å². The summed E-state index contributed by atoms with van der Waals surface area (Å²) in [5.41, 5.74) is -0.465. The number of hydrogen-bond donors (Lipinski definition) is 3. The number of carbonyl (C=O) groups is 2. The minimum atomic E-state index is -1.30. The van der Waals surface area contributed by atoms with E-state index in [9.17, 15) is 9.59 Å². The Morgan fingerprint density at radius 1 is 0.783 bits per heavy atom. The molecule has 1 aromatic carbocycles. The highest BCUT2D eigenvalue weighted by atomic mass is 32.1. The van der Waals surface area contributed by atoms with Gasteiger partial charge < -0.3 is 15.3 Å². The molecule has 0 atom stereocenters. The molecule has 0 fully saturated rings. The number of benzene rings is 1. The van der Waals surface area contributed by atoms with Crippen LogP contribution in [0.5, 0.6) is 5.75 Å². The van der Waals surface area contributed by atoms with Crippen molar-refractivity contribution in [3.63, 3.8) is 0 Å². The first-order valence-electron chi connectivity index (χ1n) is 6.26. The number of aromatic hydroxyl groups is 1. The van der Waals surface area contributed by atoms with Crippen LogP contribution >= 0.6 is 22.7 Å². The van der Waals surface area contributed by atoms with Crippen LogP contribution in [-0.2, 0) is 0 Å². The first-order chi connectivity index (χ1) is 11.0. The van der Waals surface area contributed by atoms with Crippen molar-refractivity contribution >= 4 is 34.6 Å². The van der Waals surface area contributed by atoms with E-state index in [0.717, 1.165) is 18.2 Å². The lowest BCUT2D eigenvalue weighted by Gasteiger charge is -1.99. The second-order valence-corrected chi connectivity index (χ2v) is 5.56. The summed E-state index contributed by atoms with van der Waals surface area (Å²) in [4.78, 5) is 20.8. The molecule has 2 heterocycles. The largest absolute Gasteiger partial charge is 0.507 e. The molecule has 7 heteroatoms. The summed E-state index contributed by atoms with van der Waals surface area (Å²) < 4.78 is 0. The van der Waals surface area contributed by atoms with Gasteiger partial charge in [-0.3, -0.25) is 0 Å². The van der Waals surface area contributed by atoms with Crippen molar-refractivity contribution < 1.29 is 24.9 Å². The second kappa shape index (κ2) is 10.1. The fourth-order valence-corrected chi connectivity index (χ4v) is 2.21. The molecule has 0 bridgehead atoms. The average molecular weight is 350 g/mol. The highest BCUT2D eigenvalue weighted by molar-refractivity contribution is 7.08. The predicted octanol–water partition coefficient (Wildman–Crippen LogP) is 4.28. The lowest BCUT2D eigenvalue weighted by Crippen LogP contribution is -2.00. The van der Waals surface area contributed by atoms with E-state index in [-0.39, 0.29) is 11.1 Å². The van der Waals surface area contributed by atoms with E-state index < -0.39 is 17.7 Å². The van der Waals surface area contributed by atoms with Crippen LogP contribution in [0.1, 0.15) is 20.7 Å². The molecule has 2 aromatic heterocycles. The van der Waals surface area contributed by atoms with Crippen LogP contribution in [0.2, 0.25) is 0 Å². The van der Waals surface area contributed by atoms with Crippen molar-refractivity contribution in [2.45, 2.75) is 0 Å². The third kappa shape index (κ3) is 7.25. The Morgan fingerprint density at radius 2 is 1.26 bits per heavy atom. The summed E-state index contributed by atoms with van der Waals surface area (Å²) in [5.74, 6) is -3.06. The Balaban J connectivity index is 0.000000213. The van der Waals surface area contributed by atoms with Crippen LogP contribution in [0.4, 0.5) is 0 Å². The highest BCUT2D eigenvalue weighted by Gasteiger charge is 2.11. The third-order valence-electron chi connectivity index (χ3n) is 2.33. The van der Waals surface area contributed by atoms with Gasteiger partial charge in [-0.1, -0.05) is 24.3 Å². The zero-order valence-corrected chi connectivity index (χ0v) is 13.5. The summed E-state index contributed by atoms with van der Waals surface area (Å²) in [6, 6.07) is 11.1. The lowest BCUT2D eigenvalue weighted by atomic mass is 10.1. The Morgan fingerprint density at radius 3 is 1.52 bits per heavy atom. The molecular weight excluding hydrogens is 336 g/mol. The maximum Gasteiger partial charge on any atom is 0.339 e. The molecule has 23 heavy (non-hydrogen) atoms. The summed E-state index contributed by atoms with van der Waals surface area (Å²) in [6.45, 7) is 0. The van der Waals surface area contributed by atoms with Crippen LogP contribution in [0.15, 0.2) is 64.0 Å². The van der Waals surface area contributed by atoms with Crippen molar-refractivity contribution in [3.05, 3.63) is 75.1 Å². The molecular formula is C16H14O5S2. The lowest BCUT2D eigenvalue weighted by molar-refractivity contribution is 0.0678. The van der Waals surface area contributed by atoms with Gasteiger partial charge in [-0.05, 0) is 39.7 Å². The Kier molecular flexibility index (Phi) is 8.12. The number of carboxylic acid groups (broad SMARTS) is 2. The Labute approximate surface area is 140 Å². The van der Waals surface area contributed by atoms with Gasteiger partial charge in [-0.25, -0.2) is 9.59 Å². The van der Waals surface area contributed by atoms with E-state index in [4.69, 9.17) is 15.3 Å². The third-order valence-corrected chi connectivity index (χ3v) is 3.58. The molecule has 0 aliphatic rings. The number of carboxylic acids is 2. The van der Waals surface area contributed by atoms with Gasteiger partial charge in [0.15, 0.2) is 0 Å². The highest BCUT2D eigenvalue weighted by Crippen LogP contribution is 2.18. The van der Waals surface area contributed by atoms with Crippen LogP contribution in [0, 0.1) is 0 Å². The van der Waals surface area contributed by atoms with Gasteiger partial charge in [0.1, 0.15) is 11.3 Å². The van der Waals surface area contributed by atoms with E-state index in [1.165, 1.54) is 0 Å². The molecule has 120 valence electrons. The van der Waals surface area contributed by atoms with Gasteiger partial charge in [0, 0.05) is 0 Å². The van der Waals surface area contributed by atoms with Crippen LogP contribution in [0.25, 0.3) is 0 Å². The SMILES string of the molecule is O=C(O)c1ccc(C(=O)O)c(O)c1.c1ccsc1.c1ccsc1. The zero-order chi connectivity index (χ0) is 17.1. The zero-order valence-electron chi connectivity index (χ0n) is 11.8. The molecule has 0 aliphatic carbocycles. The number of thiophene rings is 2. The first kappa shape index (κ1) is 18.4. The minimum absolute atomic E-state index is 0.150. The minimum Gasteiger partial charge on any atom is -0.507 e. The molecule has 5 nitrogen and oxygen atoms in total. The molecule has 0 radical (unpaired) electrons. The van der Waals surface area contributed by atoms with Crippen molar-refractivity contribution in [2.24, 2.45) is 0 Å². The van der Waals surface area contributed by atoms with Crippen molar-refractivity contribution in [1.82, 2.24) is 0 Å². The topological polar surface area (TPSA) is 94.8 Å². The predicted molar refractivity (Wildman–Crippen MR) is 90.7 cm³/mol. The fraction of sp³-hybridized carbons (Fsp3) is 0. The Bertz CT molecular complexity index is 645. The van der Waals surface area contributed by atoms with E-state index in [1.54, 1.807) is 22.7 Å². The van der Waals surface area contributed by atoms with Crippen LogP contribution in [-0.4, -0.2) is 27.3 Å². The van der Waals surface area contributed by atoms with E-state index in [2.05, 4.69) is 0 Å². The van der Waals surface area contributed by atoms with E-state index in [0.29, 0.717) is 0 Å². The molecule has 3 rings (SSSR count). The monoisotopic (exact) mass is 350 g/mol. The number of hydrogen-bond acceptors (Lipinski definition) is 5. The van der Waals surface area contributed by atoms with Gasteiger partial charge in [-0.15, -0.1) is 0 Å². The first-order valence-corrected chi connectivity index (χ1v) is 8.15. The molecule has 0 amide bonds. The molecule has 0 unspecified atom stereocenters. The number of rotatable bonds is 2. The summed E-state index contributed by atoms with van der Waals surface area (Å²) in [7, 11) is 0. The summed E-state index contributed by atoms with van der Waals surface area (Å²) in [6.07, 6.45) is 0. The van der Waals surface area contributed by atoms with Gasteiger partial charge in [-0.2, -0.15) is 22.7 Å². The Hall–Kier alpha value is -2.64. The van der Waals surface area contributed by atoms with Crippen LogP contribution in [0.3, 0.4) is 0 Å². The number of aromatic carboxylic acids is 2. The van der Waals surface area contributed by atoms with Gasteiger partial charge in [0.05, 0.1) is 5.56 Å². The number of phenols is 1. The fourth-order valence-electron chi connectivity index (χ4n) is 1.30. The van der Waals surface area contributed by atoms with Crippen molar-refractivity contribution in [2.75, 3.05) is 0 Å². The van der Waals surface area contributed by atoms with E-state index >= 15 is 0 Å². The van der Waals surface area contributed by atoms with Gasteiger partial charge in [0.2, 0.25) is 0 Å². The molecule has 3 N–H and O–H groups in total. The van der Waals surface area contributed by atoms with Gasteiger partial charge in [0.25, 0.3) is 0 Å². The van der Waals surface area contributed by atoms with Crippen molar-refractivity contribution in [1.29, 1.82) is 0 Å². The smallest absolute Gasteiger partial charge is 0.339 e. The standard InChI is InChI=1S/C8H6O5.2C4H4S/c9-6-3-4(7(10)11)1-2-5(6)8(12)13;2*1-2-4-5-3-1/h1-3,9H,(H,10,11)(H,12,13);2*1-4H. The molecule has 3 aromatic rings. The average Bonchev–Trinajstić information content (AvgIpc) is 3.25. The summed E-state index contributed by atoms with van der Waals surface area (Å²) in [5, 5.41) is 34.2. The maximum absolute atomic E-state index is 10.4. The van der Waals surface area contributed by atoms with Crippen molar-refractivity contribution in [3.8, 4) is 5.75 Å². The maximum atomic E-state index is 10.4. The van der Waals surface area contributed by atoms with E-state index in [1.807, 2.05) is 45.8 Å². The summed E-state index contributed by atoms with van der Waals surface area (Å²) >= 11 is 3.43. The molecule has 0 spiro atoms. The molecule has 0 saturated heterocycles.